The Bertz CT molecular complexity index is 1250. The van der Waals surface area contributed by atoms with E-state index in [9.17, 15) is 0 Å². The van der Waals surface area contributed by atoms with Gasteiger partial charge in [-0.2, -0.15) is 0 Å². The van der Waals surface area contributed by atoms with Crippen LogP contribution in [0, 0.1) is 0 Å². The quantitative estimate of drug-likeness (QED) is 0.180. The zero-order valence-corrected chi connectivity index (χ0v) is 22.6. The molecule has 0 aromatic heterocycles. The summed E-state index contributed by atoms with van der Waals surface area (Å²) in [6, 6.07) is 35.9. The highest BCUT2D eigenvalue weighted by molar-refractivity contribution is 5.69. The van der Waals surface area contributed by atoms with Crippen LogP contribution < -0.4 is 0 Å². The molecule has 190 valence electrons. The van der Waals surface area contributed by atoms with Gasteiger partial charge in [0, 0.05) is 12.5 Å². The predicted molar refractivity (Wildman–Crippen MR) is 158 cm³/mol. The van der Waals surface area contributed by atoms with Crippen LogP contribution >= 0.6 is 0 Å². The lowest BCUT2D eigenvalue weighted by Crippen LogP contribution is -2.02. The summed E-state index contributed by atoms with van der Waals surface area (Å²) in [6.07, 6.45) is 8.73. The van der Waals surface area contributed by atoms with Crippen molar-refractivity contribution in [2.24, 2.45) is 0 Å². The number of ether oxygens (including phenoxy) is 1. The van der Waals surface area contributed by atoms with Gasteiger partial charge in [-0.05, 0) is 84.0 Å². The van der Waals surface area contributed by atoms with E-state index in [-0.39, 0.29) is 0 Å². The Morgan fingerprint density at radius 2 is 1.30 bits per heavy atom. The minimum absolute atomic E-state index is 0.293. The molecule has 0 heterocycles. The van der Waals surface area contributed by atoms with Gasteiger partial charge in [0.15, 0.2) is 0 Å². The Hall–Kier alpha value is -3.42. The van der Waals surface area contributed by atoms with E-state index < -0.39 is 0 Å². The van der Waals surface area contributed by atoms with E-state index in [1.807, 2.05) is 6.92 Å². The van der Waals surface area contributed by atoms with Crippen LogP contribution in [0.5, 0.6) is 0 Å². The lowest BCUT2D eigenvalue weighted by molar-refractivity contribution is 0.134. The summed E-state index contributed by atoms with van der Waals surface area (Å²) in [6.45, 7) is 7.83. The van der Waals surface area contributed by atoms with Crippen LogP contribution in [0.4, 0.5) is 0 Å². The maximum atomic E-state index is 5.71. The Morgan fingerprint density at radius 3 is 1.92 bits per heavy atom. The standard InChI is InChI=1S/C36H40O/c1-4-6-8-11-29-14-16-30(17-15-29)18-19-31-20-23-33(24-21-31)28(3)36-26-32(27-37-5-2)22-25-35(36)34-12-9-7-10-13-34/h4,6-7,9-10,12-17,20-26,28H,5,8,11,18-19,27H2,1-3H3/b6-4+. The van der Waals surface area contributed by atoms with Gasteiger partial charge in [-0.15, -0.1) is 0 Å². The Balaban J connectivity index is 1.46. The Morgan fingerprint density at radius 1 is 0.703 bits per heavy atom. The average Bonchev–Trinajstić information content (AvgIpc) is 2.96. The van der Waals surface area contributed by atoms with Gasteiger partial charge in [0.05, 0.1) is 6.61 Å². The Kier molecular flexibility index (Phi) is 9.91. The second kappa shape index (κ2) is 13.8. The van der Waals surface area contributed by atoms with Crippen LogP contribution in [0.25, 0.3) is 11.1 Å². The molecule has 1 nitrogen and oxygen atoms in total. The van der Waals surface area contributed by atoms with Crippen LogP contribution in [-0.4, -0.2) is 6.61 Å². The van der Waals surface area contributed by atoms with Crippen LogP contribution in [0.2, 0.25) is 0 Å². The number of hydrogen-bond donors (Lipinski definition) is 0. The largest absolute Gasteiger partial charge is 0.377 e. The smallest absolute Gasteiger partial charge is 0.0716 e. The average molecular weight is 489 g/mol. The number of aryl methyl sites for hydroxylation is 3. The molecule has 0 saturated heterocycles. The van der Waals surface area contributed by atoms with Gasteiger partial charge in [0.2, 0.25) is 0 Å². The highest BCUT2D eigenvalue weighted by Crippen LogP contribution is 2.34. The van der Waals surface area contributed by atoms with Crippen molar-refractivity contribution < 1.29 is 4.74 Å². The Labute approximate surface area is 223 Å². The summed E-state index contributed by atoms with van der Waals surface area (Å²) < 4.78 is 5.71. The van der Waals surface area contributed by atoms with E-state index >= 15 is 0 Å². The van der Waals surface area contributed by atoms with E-state index in [4.69, 9.17) is 4.74 Å². The molecule has 0 N–H and O–H groups in total. The van der Waals surface area contributed by atoms with Crippen molar-refractivity contribution in [2.45, 2.75) is 59.0 Å². The van der Waals surface area contributed by atoms with Crippen LogP contribution in [0.15, 0.2) is 109 Å². The fourth-order valence-corrected chi connectivity index (χ4v) is 4.89. The molecule has 4 aromatic rings. The molecule has 0 spiro atoms. The van der Waals surface area contributed by atoms with Crippen molar-refractivity contribution in [3.8, 4) is 11.1 Å². The van der Waals surface area contributed by atoms with Crippen molar-refractivity contribution in [2.75, 3.05) is 6.61 Å². The van der Waals surface area contributed by atoms with E-state index in [1.54, 1.807) is 0 Å². The number of benzene rings is 4. The minimum Gasteiger partial charge on any atom is -0.377 e. The molecule has 0 radical (unpaired) electrons. The first kappa shape index (κ1) is 26.6. The monoisotopic (exact) mass is 488 g/mol. The summed E-state index contributed by atoms with van der Waals surface area (Å²) in [7, 11) is 0. The number of rotatable bonds is 12. The lowest BCUT2D eigenvalue weighted by atomic mass is 9.85. The van der Waals surface area contributed by atoms with Gasteiger partial charge >= 0.3 is 0 Å². The van der Waals surface area contributed by atoms with Gasteiger partial charge < -0.3 is 4.74 Å². The summed E-state index contributed by atoms with van der Waals surface area (Å²) in [5.74, 6) is 0.293. The van der Waals surface area contributed by atoms with Gasteiger partial charge in [-0.25, -0.2) is 0 Å². The first-order valence-corrected chi connectivity index (χ1v) is 13.7. The number of hydrogen-bond acceptors (Lipinski definition) is 1. The van der Waals surface area contributed by atoms with E-state index in [2.05, 4.69) is 123 Å². The molecular formula is C36H40O. The van der Waals surface area contributed by atoms with E-state index in [0.717, 1.165) is 32.3 Å². The van der Waals surface area contributed by atoms with Gasteiger partial charge in [-0.3, -0.25) is 0 Å². The lowest BCUT2D eigenvalue weighted by Gasteiger charge is -2.19. The summed E-state index contributed by atoms with van der Waals surface area (Å²) in [4.78, 5) is 0. The predicted octanol–water partition coefficient (Wildman–Crippen LogP) is 9.34. The van der Waals surface area contributed by atoms with E-state index in [1.165, 1.54) is 44.5 Å². The van der Waals surface area contributed by atoms with Gasteiger partial charge in [0.25, 0.3) is 0 Å². The topological polar surface area (TPSA) is 9.23 Å². The maximum absolute atomic E-state index is 5.71. The molecule has 0 aliphatic heterocycles. The molecule has 1 unspecified atom stereocenters. The van der Waals surface area contributed by atoms with Crippen LogP contribution in [-0.2, 0) is 30.6 Å². The minimum atomic E-state index is 0.293. The van der Waals surface area contributed by atoms with Gasteiger partial charge in [-0.1, -0.05) is 116 Å². The SMILES string of the molecule is C/C=C/CCc1ccc(CCc2ccc(C(C)c3cc(COCC)ccc3-c3ccccc3)cc2)cc1. The molecular weight excluding hydrogens is 448 g/mol. The second-order valence-electron chi connectivity index (χ2n) is 9.81. The summed E-state index contributed by atoms with van der Waals surface area (Å²) in [5.41, 5.74) is 10.7. The molecule has 0 saturated carbocycles. The molecule has 1 heteroatoms. The molecule has 0 aliphatic rings. The van der Waals surface area contributed by atoms with Gasteiger partial charge in [0.1, 0.15) is 0 Å². The molecule has 1 atom stereocenters. The summed E-state index contributed by atoms with van der Waals surface area (Å²) in [5, 5.41) is 0. The molecule has 4 aromatic carbocycles. The van der Waals surface area contributed by atoms with Crippen molar-refractivity contribution in [1.29, 1.82) is 0 Å². The first-order valence-electron chi connectivity index (χ1n) is 13.7. The molecule has 0 fully saturated rings. The van der Waals surface area contributed by atoms with E-state index in [0.29, 0.717) is 12.5 Å². The first-order chi connectivity index (χ1) is 18.2. The molecule has 37 heavy (non-hydrogen) atoms. The maximum Gasteiger partial charge on any atom is 0.0716 e. The zero-order valence-electron chi connectivity index (χ0n) is 22.6. The van der Waals surface area contributed by atoms with Crippen LogP contribution in [0.1, 0.15) is 66.5 Å². The van der Waals surface area contributed by atoms with Crippen LogP contribution in [0.3, 0.4) is 0 Å². The fourth-order valence-electron chi connectivity index (χ4n) is 4.89. The molecule has 0 aliphatic carbocycles. The third-order valence-electron chi connectivity index (χ3n) is 7.18. The molecule has 0 bridgehead atoms. The molecule has 0 amide bonds. The fraction of sp³-hybridized carbons (Fsp3) is 0.278. The summed E-state index contributed by atoms with van der Waals surface area (Å²) >= 11 is 0. The van der Waals surface area contributed by atoms with Crippen molar-refractivity contribution in [3.63, 3.8) is 0 Å². The third kappa shape index (κ3) is 7.54. The van der Waals surface area contributed by atoms with Crippen molar-refractivity contribution >= 4 is 0 Å². The van der Waals surface area contributed by atoms with Crippen molar-refractivity contribution in [3.05, 3.63) is 143 Å². The third-order valence-corrected chi connectivity index (χ3v) is 7.18. The number of allylic oxidation sites excluding steroid dienone is 2. The normalized spacial score (nSPS) is 12.2. The zero-order chi connectivity index (χ0) is 25.9. The molecule has 4 rings (SSSR count). The van der Waals surface area contributed by atoms with Crippen molar-refractivity contribution in [1.82, 2.24) is 0 Å². The highest BCUT2D eigenvalue weighted by atomic mass is 16.5. The second-order valence-corrected chi connectivity index (χ2v) is 9.81. The highest BCUT2D eigenvalue weighted by Gasteiger charge is 2.15.